The lowest BCUT2D eigenvalue weighted by atomic mass is 9.98. The summed E-state index contributed by atoms with van der Waals surface area (Å²) in [5, 5.41) is 9.63. The van der Waals surface area contributed by atoms with E-state index in [-0.39, 0.29) is 17.3 Å². The van der Waals surface area contributed by atoms with E-state index in [9.17, 15) is 9.50 Å². The molecule has 0 bridgehead atoms. The van der Waals surface area contributed by atoms with Crippen LogP contribution in [0, 0.1) is 12.7 Å². The van der Waals surface area contributed by atoms with Crippen molar-refractivity contribution in [2.75, 3.05) is 0 Å². The molecule has 0 aromatic heterocycles. The molecule has 0 saturated carbocycles. The quantitative estimate of drug-likeness (QED) is 0.841. The third kappa shape index (κ3) is 3.11. The second-order valence-electron chi connectivity index (χ2n) is 5.64. The van der Waals surface area contributed by atoms with E-state index in [4.69, 9.17) is 4.74 Å². The Labute approximate surface area is 102 Å². The molecule has 1 aromatic rings. The smallest absolute Gasteiger partial charge is 0.172 e. The zero-order valence-electron chi connectivity index (χ0n) is 11.4. The maximum Gasteiger partial charge on any atom is 0.172 e. The standard InChI is InChI=1S/C14H21FO2/c1-8(2)11-10(17-14(4,5)6)7-9(3)13(16)12(11)15/h7-8,16H,1-6H3. The first kappa shape index (κ1) is 13.8. The van der Waals surface area contributed by atoms with E-state index in [0.29, 0.717) is 16.9 Å². The van der Waals surface area contributed by atoms with Crippen molar-refractivity contribution in [1.29, 1.82) is 0 Å². The van der Waals surface area contributed by atoms with Crippen LogP contribution in [0.1, 0.15) is 51.7 Å². The average molecular weight is 240 g/mol. The van der Waals surface area contributed by atoms with Crippen LogP contribution in [-0.4, -0.2) is 10.7 Å². The molecule has 0 radical (unpaired) electrons. The van der Waals surface area contributed by atoms with Gasteiger partial charge in [-0.15, -0.1) is 0 Å². The van der Waals surface area contributed by atoms with Gasteiger partial charge in [0.1, 0.15) is 11.4 Å². The summed E-state index contributed by atoms with van der Waals surface area (Å²) in [6.07, 6.45) is 0. The summed E-state index contributed by atoms with van der Waals surface area (Å²) in [6, 6.07) is 1.69. The Bertz CT molecular complexity index is 417. The van der Waals surface area contributed by atoms with E-state index in [1.54, 1.807) is 13.0 Å². The van der Waals surface area contributed by atoms with E-state index in [2.05, 4.69) is 0 Å². The summed E-state index contributed by atoms with van der Waals surface area (Å²) in [4.78, 5) is 0. The van der Waals surface area contributed by atoms with Crippen LogP contribution in [0.4, 0.5) is 4.39 Å². The molecule has 96 valence electrons. The zero-order chi connectivity index (χ0) is 13.4. The number of aryl methyl sites for hydroxylation is 1. The van der Waals surface area contributed by atoms with Crippen molar-refractivity contribution >= 4 is 0 Å². The topological polar surface area (TPSA) is 29.5 Å². The minimum absolute atomic E-state index is 0.0427. The summed E-state index contributed by atoms with van der Waals surface area (Å²) < 4.78 is 19.8. The van der Waals surface area contributed by atoms with E-state index in [1.807, 2.05) is 34.6 Å². The molecule has 0 unspecified atom stereocenters. The summed E-state index contributed by atoms with van der Waals surface area (Å²) in [5.74, 6) is -0.381. The molecule has 0 aliphatic carbocycles. The van der Waals surface area contributed by atoms with Crippen molar-refractivity contribution in [2.45, 2.75) is 53.1 Å². The first-order chi connectivity index (χ1) is 7.63. The predicted octanol–water partition coefficient (Wildman–Crippen LogP) is 4.14. The Morgan fingerprint density at radius 2 is 1.82 bits per heavy atom. The lowest BCUT2D eigenvalue weighted by Gasteiger charge is -2.25. The lowest BCUT2D eigenvalue weighted by Crippen LogP contribution is -2.24. The highest BCUT2D eigenvalue weighted by molar-refractivity contribution is 5.48. The Kier molecular flexibility index (Phi) is 3.70. The third-order valence-electron chi connectivity index (χ3n) is 2.42. The van der Waals surface area contributed by atoms with Gasteiger partial charge in [-0.2, -0.15) is 0 Å². The molecule has 0 aliphatic heterocycles. The monoisotopic (exact) mass is 240 g/mol. The second-order valence-corrected chi connectivity index (χ2v) is 5.64. The van der Waals surface area contributed by atoms with Crippen LogP contribution in [0.15, 0.2) is 6.07 Å². The summed E-state index contributed by atoms with van der Waals surface area (Å²) >= 11 is 0. The Hall–Kier alpha value is -1.25. The molecule has 17 heavy (non-hydrogen) atoms. The van der Waals surface area contributed by atoms with Crippen molar-refractivity contribution in [2.24, 2.45) is 0 Å². The fraction of sp³-hybridized carbons (Fsp3) is 0.571. The molecule has 2 nitrogen and oxygen atoms in total. The largest absolute Gasteiger partial charge is 0.505 e. The average Bonchev–Trinajstić information content (AvgIpc) is 2.11. The molecule has 0 fully saturated rings. The molecule has 1 aromatic carbocycles. The lowest BCUT2D eigenvalue weighted by molar-refractivity contribution is 0.128. The van der Waals surface area contributed by atoms with Crippen LogP contribution >= 0.6 is 0 Å². The molecular formula is C14H21FO2. The van der Waals surface area contributed by atoms with Crippen LogP contribution < -0.4 is 4.74 Å². The minimum Gasteiger partial charge on any atom is -0.505 e. The fourth-order valence-corrected chi connectivity index (χ4v) is 1.70. The molecule has 0 saturated heterocycles. The number of halogens is 1. The van der Waals surface area contributed by atoms with Crippen molar-refractivity contribution in [3.05, 3.63) is 23.0 Å². The van der Waals surface area contributed by atoms with Gasteiger partial charge < -0.3 is 9.84 Å². The van der Waals surface area contributed by atoms with Gasteiger partial charge in [-0.25, -0.2) is 4.39 Å². The molecule has 3 heteroatoms. The molecule has 0 heterocycles. The molecule has 0 spiro atoms. The van der Waals surface area contributed by atoms with Gasteiger partial charge in [0, 0.05) is 5.56 Å². The minimum atomic E-state index is -0.570. The SMILES string of the molecule is Cc1cc(OC(C)(C)C)c(C(C)C)c(F)c1O. The first-order valence-corrected chi connectivity index (χ1v) is 5.84. The third-order valence-corrected chi connectivity index (χ3v) is 2.42. The van der Waals surface area contributed by atoms with E-state index in [0.717, 1.165) is 0 Å². The molecule has 0 aliphatic rings. The molecule has 1 N–H and O–H groups in total. The highest BCUT2D eigenvalue weighted by Crippen LogP contribution is 2.37. The summed E-state index contributed by atoms with van der Waals surface area (Å²) in [5.41, 5.74) is 0.536. The Balaban J connectivity index is 3.38. The fourth-order valence-electron chi connectivity index (χ4n) is 1.70. The van der Waals surface area contributed by atoms with Gasteiger partial charge in [0.15, 0.2) is 11.6 Å². The van der Waals surface area contributed by atoms with Gasteiger partial charge in [-0.1, -0.05) is 13.8 Å². The van der Waals surface area contributed by atoms with Crippen LogP contribution in [-0.2, 0) is 0 Å². The van der Waals surface area contributed by atoms with Crippen LogP contribution in [0.5, 0.6) is 11.5 Å². The van der Waals surface area contributed by atoms with Crippen molar-refractivity contribution in [3.63, 3.8) is 0 Å². The van der Waals surface area contributed by atoms with Crippen molar-refractivity contribution in [1.82, 2.24) is 0 Å². The van der Waals surface area contributed by atoms with Crippen molar-refractivity contribution < 1.29 is 14.2 Å². The number of ether oxygens (including phenoxy) is 1. The summed E-state index contributed by atoms with van der Waals surface area (Å²) in [7, 11) is 0. The van der Waals surface area contributed by atoms with Gasteiger partial charge in [-0.3, -0.25) is 0 Å². The van der Waals surface area contributed by atoms with Crippen LogP contribution in [0.3, 0.4) is 0 Å². The van der Waals surface area contributed by atoms with Gasteiger partial charge in [-0.05, 0) is 45.2 Å². The second kappa shape index (κ2) is 4.55. The molecule has 0 amide bonds. The van der Waals surface area contributed by atoms with Gasteiger partial charge in [0.2, 0.25) is 0 Å². The van der Waals surface area contributed by atoms with Crippen LogP contribution in [0.25, 0.3) is 0 Å². The van der Waals surface area contributed by atoms with E-state index in [1.165, 1.54) is 0 Å². The molecular weight excluding hydrogens is 219 g/mol. The molecule has 0 atom stereocenters. The number of phenols is 1. The van der Waals surface area contributed by atoms with E-state index >= 15 is 0 Å². The highest BCUT2D eigenvalue weighted by atomic mass is 19.1. The number of aromatic hydroxyl groups is 1. The maximum absolute atomic E-state index is 14.0. The Morgan fingerprint density at radius 1 is 1.29 bits per heavy atom. The number of hydrogen-bond acceptors (Lipinski definition) is 2. The Morgan fingerprint density at radius 3 is 2.24 bits per heavy atom. The molecule has 1 rings (SSSR count). The number of rotatable bonds is 2. The highest BCUT2D eigenvalue weighted by Gasteiger charge is 2.22. The number of benzene rings is 1. The van der Waals surface area contributed by atoms with Crippen molar-refractivity contribution in [3.8, 4) is 11.5 Å². The number of hydrogen-bond donors (Lipinski definition) is 1. The van der Waals surface area contributed by atoms with Crippen LogP contribution in [0.2, 0.25) is 0 Å². The van der Waals surface area contributed by atoms with Gasteiger partial charge in [0.05, 0.1) is 0 Å². The normalized spacial score (nSPS) is 12.0. The zero-order valence-corrected chi connectivity index (χ0v) is 11.4. The van der Waals surface area contributed by atoms with Gasteiger partial charge >= 0.3 is 0 Å². The maximum atomic E-state index is 14.0. The summed E-state index contributed by atoms with van der Waals surface area (Å²) in [6.45, 7) is 11.2. The number of phenolic OH excluding ortho intramolecular Hbond substituents is 1. The predicted molar refractivity (Wildman–Crippen MR) is 67.3 cm³/mol. The van der Waals surface area contributed by atoms with E-state index < -0.39 is 5.82 Å². The van der Waals surface area contributed by atoms with Gasteiger partial charge in [0.25, 0.3) is 0 Å². The first-order valence-electron chi connectivity index (χ1n) is 5.84.